The Morgan fingerprint density at radius 3 is 2.60 bits per heavy atom. The molecule has 0 saturated carbocycles. The summed E-state index contributed by atoms with van der Waals surface area (Å²) in [7, 11) is 0. The van der Waals surface area contributed by atoms with Crippen molar-refractivity contribution in [2.45, 2.75) is 13.5 Å². The smallest absolute Gasteiger partial charge is 0.0233 e. The minimum atomic E-state index is 0.689. The molecule has 1 saturated heterocycles. The Labute approximate surface area is 92.1 Å². The quantitative estimate of drug-likeness (QED) is 0.812. The number of rotatable bonds is 3. The summed E-state index contributed by atoms with van der Waals surface area (Å²) in [6, 6.07) is 10.7. The highest BCUT2D eigenvalue weighted by molar-refractivity contribution is 5.14. The molecule has 0 bridgehead atoms. The van der Waals surface area contributed by atoms with Crippen molar-refractivity contribution in [2.24, 2.45) is 17.6 Å². The lowest BCUT2D eigenvalue weighted by atomic mass is 9.99. The van der Waals surface area contributed by atoms with Gasteiger partial charge in [0.15, 0.2) is 0 Å². The van der Waals surface area contributed by atoms with Gasteiger partial charge in [0, 0.05) is 19.6 Å². The van der Waals surface area contributed by atoms with E-state index in [9.17, 15) is 0 Å². The Morgan fingerprint density at radius 1 is 1.27 bits per heavy atom. The van der Waals surface area contributed by atoms with E-state index in [4.69, 9.17) is 5.73 Å². The van der Waals surface area contributed by atoms with Gasteiger partial charge in [-0.2, -0.15) is 0 Å². The van der Waals surface area contributed by atoms with Gasteiger partial charge in [-0.05, 0) is 23.9 Å². The topological polar surface area (TPSA) is 29.3 Å². The number of hydrogen-bond acceptors (Lipinski definition) is 2. The predicted octanol–water partition coefficient (Wildman–Crippen LogP) is 1.71. The van der Waals surface area contributed by atoms with Crippen LogP contribution in [0.5, 0.6) is 0 Å². The van der Waals surface area contributed by atoms with Crippen molar-refractivity contribution in [1.29, 1.82) is 0 Å². The standard InChI is InChI=1S/C13H20N2/c1-11-8-15(10-13(11)7-14)9-12-5-3-2-4-6-12/h2-6,11,13H,7-10,14H2,1H3. The van der Waals surface area contributed by atoms with Crippen LogP contribution in [0.25, 0.3) is 0 Å². The SMILES string of the molecule is CC1CN(Cc2ccccc2)CC1CN. The molecule has 2 heteroatoms. The van der Waals surface area contributed by atoms with E-state index in [2.05, 4.69) is 42.2 Å². The van der Waals surface area contributed by atoms with Gasteiger partial charge in [0.1, 0.15) is 0 Å². The summed E-state index contributed by atoms with van der Waals surface area (Å²) >= 11 is 0. The second-order valence-corrected chi connectivity index (χ2v) is 4.65. The van der Waals surface area contributed by atoms with Gasteiger partial charge in [-0.1, -0.05) is 37.3 Å². The first-order chi connectivity index (χ1) is 7.29. The lowest BCUT2D eigenvalue weighted by molar-refractivity contribution is 0.315. The van der Waals surface area contributed by atoms with E-state index in [1.165, 1.54) is 12.1 Å². The summed E-state index contributed by atoms with van der Waals surface area (Å²) in [5.74, 6) is 1.44. The molecular weight excluding hydrogens is 184 g/mol. The van der Waals surface area contributed by atoms with Gasteiger partial charge < -0.3 is 5.73 Å². The number of nitrogens with zero attached hydrogens (tertiary/aromatic N) is 1. The summed E-state index contributed by atoms with van der Waals surface area (Å²) in [5.41, 5.74) is 7.16. The third-order valence-corrected chi connectivity index (χ3v) is 3.40. The lowest BCUT2D eigenvalue weighted by Crippen LogP contribution is -2.23. The van der Waals surface area contributed by atoms with Crippen LogP contribution in [-0.2, 0) is 6.54 Å². The van der Waals surface area contributed by atoms with E-state index in [-0.39, 0.29) is 0 Å². The van der Waals surface area contributed by atoms with Crippen LogP contribution in [0.4, 0.5) is 0 Å². The number of likely N-dealkylation sites (tertiary alicyclic amines) is 1. The fraction of sp³-hybridized carbons (Fsp3) is 0.538. The molecule has 15 heavy (non-hydrogen) atoms. The Morgan fingerprint density at radius 2 is 2.00 bits per heavy atom. The normalized spacial score (nSPS) is 27.1. The summed E-state index contributed by atoms with van der Waals surface area (Å²) in [4.78, 5) is 2.51. The minimum absolute atomic E-state index is 0.689. The van der Waals surface area contributed by atoms with Crippen molar-refractivity contribution in [1.82, 2.24) is 4.90 Å². The van der Waals surface area contributed by atoms with Crippen LogP contribution in [0.1, 0.15) is 12.5 Å². The molecule has 1 aliphatic heterocycles. The summed E-state index contributed by atoms with van der Waals surface area (Å²) < 4.78 is 0. The number of nitrogens with two attached hydrogens (primary N) is 1. The van der Waals surface area contributed by atoms with Gasteiger partial charge in [-0.15, -0.1) is 0 Å². The fourth-order valence-corrected chi connectivity index (χ4v) is 2.42. The van der Waals surface area contributed by atoms with E-state index in [1.807, 2.05) is 0 Å². The molecule has 0 amide bonds. The molecule has 0 aromatic heterocycles. The van der Waals surface area contributed by atoms with Crippen molar-refractivity contribution in [3.05, 3.63) is 35.9 Å². The van der Waals surface area contributed by atoms with Gasteiger partial charge in [-0.3, -0.25) is 4.90 Å². The molecule has 0 spiro atoms. The fourth-order valence-electron chi connectivity index (χ4n) is 2.42. The summed E-state index contributed by atoms with van der Waals surface area (Å²) in [5, 5.41) is 0. The Hall–Kier alpha value is -0.860. The van der Waals surface area contributed by atoms with Crippen LogP contribution in [0.2, 0.25) is 0 Å². The molecule has 2 rings (SSSR count). The molecule has 1 fully saturated rings. The lowest BCUT2D eigenvalue weighted by Gasteiger charge is -2.15. The molecule has 1 aliphatic rings. The zero-order valence-corrected chi connectivity index (χ0v) is 9.39. The first-order valence-electron chi connectivity index (χ1n) is 5.76. The van der Waals surface area contributed by atoms with Crippen molar-refractivity contribution in [3.63, 3.8) is 0 Å². The van der Waals surface area contributed by atoms with Crippen molar-refractivity contribution in [3.8, 4) is 0 Å². The zero-order valence-electron chi connectivity index (χ0n) is 9.39. The second-order valence-electron chi connectivity index (χ2n) is 4.65. The zero-order chi connectivity index (χ0) is 10.7. The summed E-state index contributed by atoms with van der Waals surface area (Å²) in [6.45, 7) is 6.56. The Bertz CT molecular complexity index is 297. The van der Waals surface area contributed by atoms with E-state index in [0.29, 0.717) is 5.92 Å². The van der Waals surface area contributed by atoms with Gasteiger partial charge in [-0.25, -0.2) is 0 Å². The molecule has 82 valence electrons. The van der Waals surface area contributed by atoms with Gasteiger partial charge in [0.25, 0.3) is 0 Å². The van der Waals surface area contributed by atoms with E-state index in [0.717, 1.165) is 25.6 Å². The molecule has 1 heterocycles. The van der Waals surface area contributed by atoms with Crippen LogP contribution >= 0.6 is 0 Å². The highest BCUT2D eigenvalue weighted by Crippen LogP contribution is 2.23. The highest BCUT2D eigenvalue weighted by Gasteiger charge is 2.27. The molecule has 1 aromatic carbocycles. The average molecular weight is 204 g/mol. The maximum Gasteiger partial charge on any atom is 0.0233 e. The van der Waals surface area contributed by atoms with E-state index < -0.39 is 0 Å². The van der Waals surface area contributed by atoms with E-state index >= 15 is 0 Å². The van der Waals surface area contributed by atoms with Gasteiger partial charge in [0.05, 0.1) is 0 Å². The number of hydrogen-bond donors (Lipinski definition) is 1. The number of benzene rings is 1. The maximum atomic E-state index is 5.75. The molecule has 2 nitrogen and oxygen atoms in total. The second kappa shape index (κ2) is 4.77. The largest absolute Gasteiger partial charge is 0.330 e. The average Bonchev–Trinajstić information content (AvgIpc) is 2.60. The van der Waals surface area contributed by atoms with Gasteiger partial charge in [0.2, 0.25) is 0 Å². The third-order valence-electron chi connectivity index (χ3n) is 3.40. The molecular formula is C13H20N2. The highest BCUT2D eigenvalue weighted by atomic mass is 15.2. The first-order valence-corrected chi connectivity index (χ1v) is 5.76. The minimum Gasteiger partial charge on any atom is -0.330 e. The summed E-state index contributed by atoms with van der Waals surface area (Å²) in [6.07, 6.45) is 0. The van der Waals surface area contributed by atoms with Crippen LogP contribution in [0.15, 0.2) is 30.3 Å². The molecule has 2 atom stereocenters. The van der Waals surface area contributed by atoms with Gasteiger partial charge >= 0.3 is 0 Å². The molecule has 2 N–H and O–H groups in total. The monoisotopic (exact) mass is 204 g/mol. The van der Waals surface area contributed by atoms with Crippen LogP contribution in [-0.4, -0.2) is 24.5 Å². The van der Waals surface area contributed by atoms with Crippen molar-refractivity contribution >= 4 is 0 Å². The molecule has 0 radical (unpaired) electrons. The van der Waals surface area contributed by atoms with Crippen LogP contribution in [0.3, 0.4) is 0 Å². The predicted molar refractivity (Wildman–Crippen MR) is 63.4 cm³/mol. The Balaban J connectivity index is 1.92. The molecule has 1 aromatic rings. The molecule has 2 unspecified atom stereocenters. The van der Waals surface area contributed by atoms with Crippen LogP contribution < -0.4 is 5.73 Å². The Kier molecular flexibility index (Phi) is 3.39. The van der Waals surface area contributed by atoms with E-state index in [1.54, 1.807) is 0 Å². The van der Waals surface area contributed by atoms with Crippen LogP contribution in [0, 0.1) is 11.8 Å². The first kappa shape index (κ1) is 10.7. The van der Waals surface area contributed by atoms with Crippen molar-refractivity contribution < 1.29 is 0 Å². The molecule has 0 aliphatic carbocycles. The van der Waals surface area contributed by atoms with Crippen molar-refractivity contribution in [2.75, 3.05) is 19.6 Å². The maximum absolute atomic E-state index is 5.75. The third kappa shape index (κ3) is 2.58.